The Morgan fingerprint density at radius 1 is 0.981 bits per heavy atom. The first kappa shape index (κ1) is 39.4. The number of hydrogen-bond acceptors (Lipinski definition) is 9. The van der Waals surface area contributed by atoms with Gasteiger partial charge in [0.1, 0.15) is 6.04 Å². The monoisotopic (exact) mass is 720 g/mol. The molecule has 2 N–H and O–H groups in total. The van der Waals surface area contributed by atoms with Crippen molar-refractivity contribution < 1.29 is 28.5 Å². The zero-order valence-electron chi connectivity index (χ0n) is 32.3. The number of benzene rings is 1. The van der Waals surface area contributed by atoms with Crippen LogP contribution in [0.2, 0.25) is 0 Å². The number of aryl methyl sites for hydroxylation is 1. The lowest BCUT2D eigenvalue weighted by Gasteiger charge is -2.46. The van der Waals surface area contributed by atoms with Crippen molar-refractivity contribution in [3.05, 3.63) is 45.6 Å². The van der Waals surface area contributed by atoms with E-state index in [1.807, 2.05) is 17.0 Å². The number of nitrogens with one attached hydrogen (secondary N) is 2. The van der Waals surface area contributed by atoms with Crippen molar-refractivity contribution in [2.24, 2.45) is 11.8 Å². The highest BCUT2D eigenvalue weighted by Crippen LogP contribution is 2.50. The van der Waals surface area contributed by atoms with Crippen LogP contribution < -0.4 is 30.3 Å². The summed E-state index contributed by atoms with van der Waals surface area (Å²) < 4.78 is 22.8. The highest BCUT2D eigenvalue weighted by molar-refractivity contribution is 5.86. The van der Waals surface area contributed by atoms with Gasteiger partial charge < -0.3 is 39.4 Å². The molecule has 5 atom stereocenters. The number of piperidine rings is 2. The van der Waals surface area contributed by atoms with E-state index in [0.717, 1.165) is 55.5 Å². The van der Waals surface area contributed by atoms with E-state index >= 15 is 0 Å². The number of carbonyl (C=O) groups excluding carboxylic acids is 2. The third-order valence-corrected chi connectivity index (χ3v) is 11.5. The second-order valence-electron chi connectivity index (χ2n) is 14.7. The molecule has 286 valence electrons. The van der Waals surface area contributed by atoms with Gasteiger partial charge in [-0.05, 0) is 105 Å². The van der Waals surface area contributed by atoms with E-state index in [0.29, 0.717) is 73.0 Å². The quantitative estimate of drug-likeness (QED) is 0.220. The molecule has 1 aliphatic carbocycles. The van der Waals surface area contributed by atoms with Crippen molar-refractivity contribution >= 4 is 17.5 Å². The first-order valence-corrected chi connectivity index (χ1v) is 19.2. The predicted octanol–water partition coefficient (Wildman–Crippen LogP) is 5.82. The number of carbonyl (C=O) groups is 2. The highest BCUT2D eigenvalue weighted by Gasteiger charge is 2.37. The van der Waals surface area contributed by atoms with E-state index in [9.17, 15) is 14.4 Å². The van der Waals surface area contributed by atoms with Gasteiger partial charge in [0.05, 0.1) is 33.1 Å². The fourth-order valence-corrected chi connectivity index (χ4v) is 8.64. The Morgan fingerprint density at radius 3 is 2.44 bits per heavy atom. The Bertz CT molecular complexity index is 1610. The zero-order chi connectivity index (χ0) is 37.4. The molecule has 2 fully saturated rings. The molecule has 2 aromatic rings. The van der Waals surface area contributed by atoms with Crippen LogP contribution in [0, 0.1) is 11.8 Å². The van der Waals surface area contributed by atoms with Crippen molar-refractivity contribution in [2.75, 3.05) is 66.5 Å². The first-order chi connectivity index (χ1) is 25.1. The highest BCUT2D eigenvalue weighted by atomic mass is 16.5. The molecule has 11 nitrogen and oxygen atoms in total. The molecule has 2 amide bonds. The van der Waals surface area contributed by atoms with Gasteiger partial charge in [-0.25, -0.2) is 0 Å². The van der Waals surface area contributed by atoms with Gasteiger partial charge >= 0.3 is 0 Å². The molecule has 2 aromatic carbocycles. The Kier molecular flexibility index (Phi) is 13.8. The molecule has 0 aromatic heterocycles. The maximum Gasteiger partial charge on any atom is 0.245 e. The molecule has 11 heteroatoms. The number of methoxy groups -OCH3 is 4. The van der Waals surface area contributed by atoms with Gasteiger partial charge in [0.2, 0.25) is 23.0 Å². The SMILES string of the molecule is CCC(C)C(Nc1ccc2c(cc1=O)C(NC(C)=O)CCc1cc(OC)c(OC)c(OC)c1-2)C(=O)N(CCCOC)CC1CCCN2CCCCC12. The summed E-state index contributed by atoms with van der Waals surface area (Å²) in [6.45, 7) is 9.82. The third kappa shape index (κ3) is 8.68. The Hall–Kier alpha value is -3.83. The predicted molar refractivity (Wildman–Crippen MR) is 205 cm³/mol. The summed E-state index contributed by atoms with van der Waals surface area (Å²) in [5.74, 6) is 1.70. The van der Waals surface area contributed by atoms with Gasteiger partial charge in [-0.1, -0.05) is 32.8 Å². The normalized spacial score (nSPS) is 20.9. The van der Waals surface area contributed by atoms with Crippen LogP contribution in [0.1, 0.15) is 89.3 Å². The average molecular weight is 721 g/mol. The molecular formula is C41H60N4O7. The number of hydrogen-bond donors (Lipinski definition) is 2. The van der Waals surface area contributed by atoms with Crippen LogP contribution in [-0.4, -0.2) is 94.9 Å². The topological polar surface area (TPSA) is 119 Å². The van der Waals surface area contributed by atoms with Crippen LogP contribution in [0.25, 0.3) is 11.1 Å². The van der Waals surface area contributed by atoms with E-state index in [-0.39, 0.29) is 23.2 Å². The molecule has 5 rings (SSSR count). The summed E-state index contributed by atoms with van der Waals surface area (Å²) in [6, 6.07) is 6.71. The van der Waals surface area contributed by atoms with Crippen LogP contribution in [0.15, 0.2) is 29.1 Å². The first-order valence-electron chi connectivity index (χ1n) is 19.2. The molecule has 0 saturated carbocycles. The summed E-state index contributed by atoms with van der Waals surface area (Å²) in [4.78, 5) is 46.1. The molecule has 0 bridgehead atoms. The zero-order valence-corrected chi connectivity index (χ0v) is 32.3. The number of anilines is 1. The van der Waals surface area contributed by atoms with E-state index < -0.39 is 12.1 Å². The lowest BCUT2D eigenvalue weighted by molar-refractivity contribution is -0.134. The van der Waals surface area contributed by atoms with Crippen molar-refractivity contribution in [1.82, 2.24) is 15.1 Å². The Labute approximate surface area is 309 Å². The Balaban J connectivity index is 1.55. The minimum absolute atomic E-state index is 0.0193. The number of fused-ring (bicyclic) bond motifs is 4. The van der Waals surface area contributed by atoms with Gasteiger partial charge in [-0.2, -0.15) is 0 Å². The minimum atomic E-state index is -0.606. The summed E-state index contributed by atoms with van der Waals surface area (Å²) in [5.41, 5.74) is 3.25. The maximum absolute atomic E-state index is 14.7. The fraction of sp³-hybridized carbons (Fsp3) is 0.634. The smallest absolute Gasteiger partial charge is 0.245 e. The lowest BCUT2D eigenvalue weighted by atomic mass is 9.83. The van der Waals surface area contributed by atoms with E-state index in [1.165, 1.54) is 26.2 Å². The van der Waals surface area contributed by atoms with Crippen molar-refractivity contribution in [2.45, 2.75) is 96.7 Å². The second kappa shape index (κ2) is 18.3. The Morgan fingerprint density at radius 2 is 1.75 bits per heavy atom. The second-order valence-corrected chi connectivity index (χ2v) is 14.7. The van der Waals surface area contributed by atoms with Crippen LogP contribution in [0.4, 0.5) is 5.69 Å². The van der Waals surface area contributed by atoms with Crippen LogP contribution in [-0.2, 0) is 20.7 Å². The number of nitrogens with zero attached hydrogens (tertiary/aromatic N) is 2. The van der Waals surface area contributed by atoms with Crippen molar-refractivity contribution in [1.29, 1.82) is 0 Å². The number of amides is 2. The molecule has 0 spiro atoms. The van der Waals surface area contributed by atoms with Gasteiger partial charge in [-0.15, -0.1) is 0 Å². The van der Waals surface area contributed by atoms with Crippen LogP contribution in [0.3, 0.4) is 0 Å². The van der Waals surface area contributed by atoms with E-state index in [1.54, 1.807) is 40.6 Å². The standard InChI is InChI=1S/C41H60N4O7/c1-8-26(2)38(41(48)45(21-12-22-49-4)25-29-13-11-20-44-19-10-9-14-34(29)44)43-33-18-16-30-31(24-35(33)47)32(42-27(3)46)17-15-28-23-36(50-5)39(51-6)40(52-7)37(28)30/h16,18,23-24,26,29,32,34,38H,8-15,17,19-22,25H2,1-7H3,(H,42,46)(H,43,47). The lowest BCUT2D eigenvalue weighted by Crippen LogP contribution is -2.54. The van der Waals surface area contributed by atoms with E-state index in [2.05, 4.69) is 29.4 Å². The van der Waals surface area contributed by atoms with Crippen LogP contribution >= 0.6 is 0 Å². The summed E-state index contributed by atoms with van der Waals surface area (Å²) in [7, 11) is 6.43. The molecule has 2 heterocycles. The molecule has 5 unspecified atom stereocenters. The third-order valence-electron chi connectivity index (χ3n) is 11.5. The molecule has 52 heavy (non-hydrogen) atoms. The molecule has 2 saturated heterocycles. The minimum Gasteiger partial charge on any atom is -0.493 e. The number of rotatable bonds is 15. The summed E-state index contributed by atoms with van der Waals surface area (Å²) in [6.07, 6.45) is 8.64. The van der Waals surface area contributed by atoms with E-state index in [4.69, 9.17) is 18.9 Å². The van der Waals surface area contributed by atoms with Gasteiger partial charge in [0.25, 0.3) is 0 Å². The van der Waals surface area contributed by atoms with Gasteiger partial charge in [-0.3, -0.25) is 14.4 Å². The molecule has 3 aliphatic rings. The van der Waals surface area contributed by atoms with Gasteiger partial charge in [0.15, 0.2) is 11.5 Å². The van der Waals surface area contributed by atoms with Crippen molar-refractivity contribution in [3.8, 4) is 28.4 Å². The fourth-order valence-electron chi connectivity index (χ4n) is 8.64. The average Bonchev–Trinajstić information content (AvgIpc) is 3.39. The van der Waals surface area contributed by atoms with Crippen LogP contribution in [0.5, 0.6) is 17.2 Å². The van der Waals surface area contributed by atoms with Gasteiger partial charge in [0, 0.05) is 45.3 Å². The largest absolute Gasteiger partial charge is 0.493 e. The molecular weight excluding hydrogens is 660 g/mol. The summed E-state index contributed by atoms with van der Waals surface area (Å²) >= 11 is 0. The maximum atomic E-state index is 14.7. The molecule has 2 aliphatic heterocycles. The number of ether oxygens (including phenoxy) is 4. The molecule has 0 radical (unpaired) electrons. The van der Waals surface area contributed by atoms with Crippen molar-refractivity contribution in [3.63, 3.8) is 0 Å². The summed E-state index contributed by atoms with van der Waals surface area (Å²) in [5, 5.41) is 6.54.